The Hall–Kier alpha value is -2.71. The van der Waals surface area contributed by atoms with Crippen LogP contribution in [0.15, 0.2) is 48.5 Å². The minimum Gasteiger partial charge on any atom is -0.352 e. The molecule has 114 valence electrons. The molecule has 0 bridgehead atoms. The fourth-order valence-electron chi connectivity index (χ4n) is 2.29. The molecule has 0 aliphatic heterocycles. The lowest BCUT2D eigenvalue weighted by Gasteiger charge is -2.05. The molecule has 1 N–H and O–H groups in total. The predicted octanol–water partition coefficient (Wildman–Crippen LogP) is 3.42. The van der Waals surface area contributed by atoms with Gasteiger partial charge < -0.3 is 5.32 Å². The van der Waals surface area contributed by atoms with Crippen LogP contribution in [0.4, 0.5) is 0 Å². The molecule has 3 rings (SSSR count). The Labute approximate surface area is 138 Å². The van der Waals surface area contributed by atoms with Crippen molar-refractivity contribution in [1.29, 1.82) is 5.26 Å². The molecule has 1 aromatic heterocycles. The summed E-state index contributed by atoms with van der Waals surface area (Å²) < 4.78 is 1.15. The molecule has 0 saturated heterocycles. The Morgan fingerprint density at radius 2 is 2.09 bits per heavy atom. The van der Waals surface area contributed by atoms with Crippen molar-refractivity contribution in [1.82, 2.24) is 10.3 Å². The topological polar surface area (TPSA) is 65.8 Å². The normalized spacial score (nSPS) is 10.4. The number of fused-ring (bicyclic) bond motifs is 1. The van der Waals surface area contributed by atoms with E-state index < -0.39 is 0 Å². The van der Waals surface area contributed by atoms with Crippen LogP contribution in [0.3, 0.4) is 0 Å². The van der Waals surface area contributed by atoms with Gasteiger partial charge >= 0.3 is 0 Å². The molecule has 0 unspecified atom stereocenters. The van der Waals surface area contributed by atoms with E-state index >= 15 is 0 Å². The zero-order valence-electron chi connectivity index (χ0n) is 12.5. The Morgan fingerprint density at radius 3 is 2.91 bits per heavy atom. The second kappa shape index (κ2) is 7.03. The summed E-state index contributed by atoms with van der Waals surface area (Å²) in [6, 6.07) is 17.3. The summed E-state index contributed by atoms with van der Waals surface area (Å²) >= 11 is 1.63. The molecule has 23 heavy (non-hydrogen) atoms. The SMILES string of the molecule is N#Cc1cccc(CNC(=O)CCc2nc3ccccc3s2)c1. The van der Waals surface area contributed by atoms with Gasteiger partial charge in [-0.15, -0.1) is 11.3 Å². The molecule has 0 saturated carbocycles. The highest BCUT2D eigenvalue weighted by molar-refractivity contribution is 7.18. The smallest absolute Gasteiger partial charge is 0.220 e. The fraction of sp³-hybridized carbons (Fsp3) is 0.167. The number of hydrogen-bond donors (Lipinski definition) is 1. The molecule has 0 fully saturated rings. The Morgan fingerprint density at radius 1 is 1.22 bits per heavy atom. The van der Waals surface area contributed by atoms with Gasteiger partial charge in [-0.25, -0.2) is 4.98 Å². The van der Waals surface area contributed by atoms with E-state index in [9.17, 15) is 4.79 Å². The lowest BCUT2D eigenvalue weighted by molar-refractivity contribution is -0.121. The van der Waals surface area contributed by atoms with Gasteiger partial charge in [0.2, 0.25) is 5.91 Å². The quantitative estimate of drug-likeness (QED) is 0.783. The summed E-state index contributed by atoms with van der Waals surface area (Å²) in [5, 5.41) is 12.7. The molecule has 0 aliphatic rings. The third-order valence-electron chi connectivity index (χ3n) is 3.45. The van der Waals surface area contributed by atoms with Crippen LogP contribution in [0, 0.1) is 11.3 Å². The van der Waals surface area contributed by atoms with E-state index in [4.69, 9.17) is 5.26 Å². The van der Waals surface area contributed by atoms with Crippen molar-refractivity contribution in [3.8, 4) is 6.07 Å². The Bertz CT molecular complexity index is 846. The highest BCUT2D eigenvalue weighted by Gasteiger charge is 2.07. The number of nitriles is 1. The number of hydrogen-bond acceptors (Lipinski definition) is 4. The summed E-state index contributed by atoms with van der Waals surface area (Å²) in [6.45, 7) is 0.439. The molecular formula is C18H15N3OS. The average molecular weight is 321 g/mol. The fourth-order valence-corrected chi connectivity index (χ4v) is 3.25. The molecule has 2 aromatic carbocycles. The molecule has 4 nitrogen and oxygen atoms in total. The maximum atomic E-state index is 12.0. The van der Waals surface area contributed by atoms with E-state index in [1.54, 1.807) is 23.5 Å². The van der Waals surface area contributed by atoms with Crippen LogP contribution in [0.25, 0.3) is 10.2 Å². The highest BCUT2D eigenvalue weighted by atomic mass is 32.1. The molecule has 1 amide bonds. The van der Waals surface area contributed by atoms with Crippen molar-refractivity contribution in [3.05, 3.63) is 64.7 Å². The van der Waals surface area contributed by atoms with Crippen molar-refractivity contribution in [2.75, 3.05) is 0 Å². The van der Waals surface area contributed by atoms with E-state index in [-0.39, 0.29) is 5.91 Å². The number of aryl methyl sites for hydroxylation is 1. The zero-order chi connectivity index (χ0) is 16.1. The van der Waals surface area contributed by atoms with Crippen LogP contribution in [-0.4, -0.2) is 10.9 Å². The summed E-state index contributed by atoms with van der Waals surface area (Å²) in [5.41, 5.74) is 2.52. The number of carbonyl (C=O) groups is 1. The molecule has 0 atom stereocenters. The third kappa shape index (κ3) is 3.93. The number of para-hydroxylation sites is 1. The lowest BCUT2D eigenvalue weighted by Crippen LogP contribution is -2.23. The molecular weight excluding hydrogens is 306 g/mol. The highest BCUT2D eigenvalue weighted by Crippen LogP contribution is 2.22. The standard InChI is InChI=1S/C18H15N3OS/c19-11-13-4-3-5-14(10-13)12-20-17(22)8-9-18-21-15-6-1-2-7-16(15)23-18/h1-7,10H,8-9,12H2,(H,20,22). The van der Waals surface area contributed by atoms with Gasteiger partial charge in [0.05, 0.1) is 26.9 Å². The van der Waals surface area contributed by atoms with Gasteiger partial charge in [-0.2, -0.15) is 5.26 Å². The predicted molar refractivity (Wildman–Crippen MR) is 90.9 cm³/mol. The van der Waals surface area contributed by atoms with Gasteiger partial charge in [0, 0.05) is 19.4 Å². The Balaban J connectivity index is 1.52. The van der Waals surface area contributed by atoms with Crippen LogP contribution in [0.2, 0.25) is 0 Å². The third-order valence-corrected chi connectivity index (χ3v) is 4.55. The zero-order valence-corrected chi connectivity index (χ0v) is 13.3. The van der Waals surface area contributed by atoms with Crippen LogP contribution < -0.4 is 5.32 Å². The number of carbonyl (C=O) groups excluding carboxylic acids is 1. The first-order valence-electron chi connectivity index (χ1n) is 7.35. The summed E-state index contributed by atoms with van der Waals surface area (Å²) in [7, 11) is 0. The van der Waals surface area contributed by atoms with Gasteiger partial charge in [-0.3, -0.25) is 4.79 Å². The number of rotatable bonds is 5. The number of aromatic nitrogens is 1. The number of thiazole rings is 1. The first-order chi connectivity index (χ1) is 11.2. The van der Waals surface area contributed by atoms with E-state index in [1.165, 1.54) is 0 Å². The van der Waals surface area contributed by atoms with E-state index in [2.05, 4.69) is 16.4 Å². The largest absolute Gasteiger partial charge is 0.352 e. The van der Waals surface area contributed by atoms with Crippen LogP contribution in [0.5, 0.6) is 0 Å². The summed E-state index contributed by atoms with van der Waals surface area (Å²) in [4.78, 5) is 16.5. The van der Waals surface area contributed by atoms with E-state index in [0.29, 0.717) is 24.9 Å². The number of benzene rings is 2. The molecule has 0 radical (unpaired) electrons. The first-order valence-corrected chi connectivity index (χ1v) is 8.16. The summed E-state index contributed by atoms with van der Waals surface area (Å²) in [5.74, 6) is -0.00776. The van der Waals surface area contributed by atoms with Crippen molar-refractivity contribution < 1.29 is 4.79 Å². The molecule has 0 spiro atoms. The van der Waals surface area contributed by atoms with Gasteiger partial charge in [0.15, 0.2) is 0 Å². The van der Waals surface area contributed by atoms with Crippen molar-refractivity contribution in [2.24, 2.45) is 0 Å². The van der Waals surface area contributed by atoms with Gasteiger partial charge in [0.1, 0.15) is 0 Å². The molecule has 0 aliphatic carbocycles. The van der Waals surface area contributed by atoms with Crippen molar-refractivity contribution in [2.45, 2.75) is 19.4 Å². The first kappa shape index (κ1) is 15.2. The van der Waals surface area contributed by atoms with Gasteiger partial charge in [-0.05, 0) is 29.8 Å². The Kier molecular flexibility index (Phi) is 4.65. The minimum absolute atomic E-state index is 0.00776. The van der Waals surface area contributed by atoms with Crippen molar-refractivity contribution >= 4 is 27.5 Å². The van der Waals surface area contributed by atoms with Crippen LogP contribution >= 0.6 is 11.3 Å². The van der Waals surface area contributed by atoms with Gasteiger partial charge in [0.25, 0.3) is 0 Å². The number of nitrogens with one attached hydrogen (secondary N) is 1. The van der Waals surface area contributed by atoms with Crippen LogP contribution in [0.1, 0.15) is 22.6 Å². The molecule has 1 heterocycles. The number of amides is 1. The van der Waals surface area contributed by atoms with Crippen molar-refractivity contribution in [3.63, 3.8) is 0 Å². The second-order valence-electron chi connectivity index (χ2n) is 5.16. The van der Waals surface area contributed by atoms with Gasteiger partial charge in [-0.1, -0.05) is 24.3 Å². The van der Waals surface area contributed by atoms with E-state index in [1.807, 2.05) is 36.4 Å². The maximum Gasteiger partial charge on any atom is 0.220 e. The van der Waals surface area contributed by atoms with E-state index in [0.717, 1.165) is 20.8 Å². The maximum absolute atomic E-state index is 12.0. The molecule has 3 aromatic rings. The summed E-state index contributed by atoms with van der Waals surface area (Å²) in [6.07, 6.45) is 1.06. The monoisotopic (exact) mass is 321 g/mol. The minimum atomic E-state index is -0.00776. The molecule has 5 heteroatoms. The number of nitrogens with zero attached hydrogens (tertiary/aromatic N) is 2. The lowest BCUT2D eigenvalue weighted by atomic mass is 10.1. The average Bonchev–Trinajstić information content (AvgIpc) is 3.01. The van der Waals surface area contributed by atoms with Crippen LogP contribution in [-0.2, 0) is 17.8 Å². The second-order valence-corrected chi connectivity index (χ2v) is 6.28.